The number of pyridine rings is 1. The summed E-state index contributed by atoms with van der Waals surface area (Å²) in [5, 5.41) is 9.30. The maximum atomic E-state index is 13.2. The second-order valence-electron chi connectivity index (χ2n) is 5.48. The lowest BCUT2D eigenvalue weighted by atomic mass is 10.1. The molecule has 0 fully saturated rings. The van der Waals surface area contributed by atoms with Gasteiger partial charge in [0, 0.05) is 18.9 Å². The van der Waals surface area contributed by atoms with Crippen LogP contribution in [-0.2, 0) is 14.8 Å². The molecular weight excluding hydrogens is 430 g/mol. The van der Waals surface area contributed by atoms with E-state index in [-0.39, 0.29) is 21.3 Å². The Bertz CT molecular complexity index is 973. The van der Waals surface area contributed by atoms with Gasteiger partial charge in [0.25, 0.3) is 10.0 Å². The molecule has 0 radical (unpaired) electrons. The van der Waals surface area contributed by atoms with E-state index in [0.717, 1.165) is 9.87 Å². The number of hydrogen-bond acceptors (Lipinski definition) is 5. The summed E-state index contributed by atoms with van der Waals surface area (Å²) in [6.07, 6.45) is 0.386. The molecule has 0 bridgehead atoms. The van der Waals surface area contributed by atoms with Gasteiger partial charge in [-0.05, 0) is 19.1 Å². The second kappa shape index (κ2) is 6.57. The lowest BCUT2D eigenvalue weighted by Gasteiger charge is -2.26. The first-order valence-corrected chi connectivity index (χ1v) is 9.92. The van der Waals surface area contributed by atoms with Crippen LogP contribution in [0.5, 0.6) is 0 Å². The fourth-order valence-corrected chi connectivity index (χ4v) is 5.69. The summed E-state index contributed by atoms with van der Waals surface area (Å²) in [6.45, 7) is 1.87. The van der Waals surface area contributed by atoms with Crippen molar-refractivity contribution in [1.82, 2.24) is 4.98 Å². The van der Waals surface area contributed by atoms with Crippen molar-refractivity contribution in [3.05, 3.63) is 52.2 Å². The number of benzene rings is 1. The highest BCUT2D eigenvalue weighted by Crippen LogP contribution is 2.49. The molecule has 1 aromatic carbocycles. The molecule has 6 nitrogen and oxygen atoms in total. The lowest BCUT2D eigenvalue weighted by Crippen LogP contribution is -2.39. The van der Waals surface area contributed by atoms with Crippen LogP contribution >= 0.6 is 27.5 Å². The third kappa shape index (κ3) is 2.81. The van der Waals surface area contributed by atoms with Gasteiger partial charge in [0.1, 0.15) is 6.07 Å². The number of methoxy groups -OCH3 is 1. The first kappa shape index (κ1) is 18.1. The Balaban J connectivity index is 2.22. The third-order valence-electron chi connectivity index (χ3n) is 3.94. The molecule has 0 aliphatic carbocycles. The SMILES string of the molecule is COC1C(Br)c2c(ncc(C#N)c2Cl)N1S(=O)(=O)c1ccc(C)cc1. The minimum Gasteiger partial charge on any atom is -0.359 e. The molecule has 0 N–H and O–H groups in total. The molecule has 9 heteroatoms. The highest BCUT2D eigenvalue weighted by atomic mass is 79.9. The topological polar surface area (TPSA) is 83.3 Å². The summed E-state index contributed by atoms with van der Waals surface area (Å²) in [5.74, 6) is 0.151. The number of aromatic nitrogens is 1. The average Bonchev–Trinajstić information content (AvgIpc) is 2.89. The lowest BCUT2D eigenvalue weighted by molar-refractivity contribution is 0.118. The Morgan fingerprint density at radius 1 is 1.36 bits per heavy atom. The normalized spacial score (nSPS) is 19.6. The van der Waals surface area contributed by atoms with Gasteiger partial charge >= 0.3 is 0 Å². The van der Waals surface area contributed by atoms with Gasteiger partial charge in [0.15, 0.2) is 12.0 Å². The number of fused-ring (bicyclic) bond motifs is 1. The highest BCUT2D eigenvalue weighted by Gasteiger charge is 2.47. The molecule has 2 atom stereocenters. The maximum Gasteiger partial charge on any atom is 0.267 e. The summed E-state index contributed by atoms with van der Waals surface area (Å²) in [5.41, 5.74) is 1.54. The number of ether oxygens (including phenoxy) is 1. The molecule has 0 spiro atoms. The van der Waals surface area contributed by atoms with Crippen LogP contribution in [0.2, 0.25) is 5.02 Å². The summed E-state index contributed by atoms with van der Waals surface area (Å²) in [7, 11) is -2.52. The summed E-state index contributed by atoms with van der Waals surface area (Å²) >= 11 is 9.71. The minimum atomic E-state index is -3.93. The van der Waals surface area contributed by atoms with E-state index in [1.165, 1.54) is 25.4 Å². The summed E-state index contributed by atoms with van der Waals surface area (Å²) in [6, 6.07) is 8.45. The average molecular weight is 443 g/mol. The van der Waals surface area contributed by atoms with Crippen molar-refractivity contribution in [2.24, 2.45) is 0 Å². The van der Waals surface area contributed by atoms with E-state index in [1.807, 2.05) is 13.0 Å². The predicted octanol–water partition coefficient (Wildman–Crippen LogP) is 3.53. The number of hydrogen-bond donors (Lipinski definition) is 0. The Hall–Kier alpha value is -1.66. The van der Waals surface area contributed by atoms with Crippen molar-refractivity contribution in [2.45, 2.75) is 22.9 Å². The molecule has 1 aliphatic rings. The molecule has 2 heterocycles. The maximum absolute atomic E-state index is 13.2. The zero-order valence-electron chi connectivity index (χ0n) is 13.3. The van der Waals surface area contributed by atoms with E-state index in [1.54, 1.807) is 12.1 Å². The summed E-state index contributed by atoms with van der Waals surface area (Å²) in [4.78, 5) is 3.73. The zero-order chi connectivity index (χ0) is 18.4. The first-order valence-electron chi connectivity index (χ1n) is 7.19. The summed E-state index contributed by atoms with van der Waals surface area (Å²) < 4.78 is 32.8. The van der Waals surface area contributed by atoms with Crippen LogP contribution in [0, 0.1) is 18.3 Å². The Labute approximate surface area is 159 Å². The van der Waals surface area contributed by atoms with Gasteiger partial charge in [0.05, 0.1) is 20.3 Å². The van der Waals surface area contributed by atoms with E-state index in [0.29, 0.717) is 5.56 Å². The number of anilines is 1. The van der Waals surface area contributed by atoms with Crippen molar-refractivity contribution in [3.63, 3.8) is 0 Å². The van der Waals surface area contributed by atoms with Crippen molar-refractivity contribution < 1.29 is 13.2 Å². The van der Waals surface area contributed by atoms with Gasteiger partial charge in [-0.15, -0.1) is 0 Å². The molecule has 25 heavy (non-hydrogen) atoms. The molecule has 0 saturated heterocycles. The second-order valence-corrected chi connectivity index (χ2v) is 8.66. The standard InChI is InChI=1S/C16H13BrClN3O3S/c1-9-3-5-11(6-4-9)25(22,23)21-15-12(13(17)16(21)24-2)14(18)10(7-19)8-20-15/h3-6,8,13,16H,1-2H3. The van der Waals surface area contributed by atoms with Crippen LogP contribution < -0.4 is 4.31 Å². The van der Waals surface area contributed by atoms with Gasteiger partial charge in [-0.1, -0.05) is 45.2 Å². The van der Waals surface area contributed by atoms with Gasteiger partial charge in [0.2, 0.25) is 0 Å². The molecular formula is C16H13BrClN3O3S. The Morgan fingerprint density at radius 3 is 2.56 bits per heavy atom. The number of sulfonamides is 1. The molecule has 3 rings (SSSR count). The number of halogens is 2. The molecule has 0 saturated carbocycles. The van der Waals surface area contributed by atoms with E-state index >= 15 is 0 Å². The van der Waals surface area contributed by atoms with Gasteiger partial charge < -0.3 is 4.74 Å². The number of alkyl halides is 1. The molecule has 0 amide bonds. The molecule has 1 aliphatic heterocycles. The van der Waals surface area contributed by atoms with Crippen molar-refractivity contribution in [1.29, 1.82) is 5.26 Å². The van der Waals surface area contributed by atoms with Crippen LogP contribution in [-0.4, -0.2) is 26.7 Å². The predicted molar refractivity (Wildman–Crippen MR) is 97.3 cm³/mol. The van der Waals surface area contributed by atoms with Gasteiger partial charge in [-0.3, -0.25) is 0 Å². The van der Waals surface area contributed by atoms with Crippen LogP contribution in [0.1, 0.15) is 21.5 Å². The van der Waals surface area contributed by atoms with Crippen molar-refractivity contribution in [2.75, 3.05) is 11.4 Å². The monoisotopic (exact) mass is 441 g/mol. The first-order chi connectivity index (χ1) is 11.8. The fraction of sp³-hybridized carbons (Fsp3) is 0.250. The van der Waals surface area contributed by atoms with Crippen LogP contribution in [0.25, 0.3) is 0 Å². The van der Waals surface area contributed by atoms with Crippen molar-refractivity contribution >= 4 is 43.4 Å². The molecule has 2 aromatic rings. The van der Waals surface area contributed by atoms with Crippen LogP contribution in [0.15, 0.2) is 35.4 Å². The molecule has 1 aromatic heterocycles. The molecule has 2 unspecified atom stereocenters. The van der Waals surface area contributed by atoms with Crippen LogP contribution in [0.3, 0.4) is 0 Å². The van der Waals surface area contributed by atoms with Crippen LogP contribution in [0.4, 0.5) is 5.82 Å². The Morgan fingerprint density at radius 2 is 2.00 bits per heavy atom. The highest BCUT2D eigenvalue weighted by molar-refractivity contribution is 9.09. The van der Waals surface area contributed by atoms with E-state index in [2.05, 4.69) is 20.9 Å². The third-order valence-corrected chi connectivity index (χ3v) is 7.02. The number of rotatable bonds is 3. The van der Waals surface area contributed by atoms with E-state index in [9.17, 15) is 8.42 Å². The van der Waals surface area contributed by atoms with Crippen molar-refractivity contribution in [3.8, 4) is 6.07 Å². The minimum absolute atomic E-state index is 0.120. The van der Waals surface area contributed by atoms with Gasteiger partial charge in [-0.2, -0.15) is 5.26 Å². The number of nitriles is 1. The Kier molecular flexibility index (Phi) is 4.77. The number of nitrogens with zero attached hydrogens (tertiary/aromatic N) is 3. The zero-order valence-corrected chi connectivity index (χ0v) is 16.4. The largest absolute Gasteiger partial charge is 0.359 e. The number of aryl methyl sites for hydroxylation is 1. The smallest absolute Gasteiger partial charge is 0.267 e. The quantitative estimate of drug-likeness (QED) is 0.679. The molecule has 130 valence electrons. The van der Waals surface area contributed by atoms with Gasteiger partial charge in [-0.25, -0.2) is 17.7 Å². The fourth-order valence-electron chi connectivity index (χ4n) is 2.66. The van der Waals surface area contributed by atoms with E-state index in [4.69, 9.17) is 21.6 Å². The van der Waals surface area contributed by atoms with E-state index < -0.39 is 21.1 Å².